The Kier molecular flexibility index (Phi) is 4.67. The summed E-state index contributed by atoms with van der Waals surface area (Å²) in [6.45, 7) is 4.51. The fourth-order valence-corrected chi connectivity index (χ4v) is 3.96. The first-order valence-corrected chi connectivity index (χ1v) is 8.17. The maximum Gasteiger partial charge on any atom is 0.309 e. The van der Waals surface area contributed by atoms with Crippen LogP contribution in [-0.2, 0) is 11.2 Å². The minimum absolute atomic E-state index is 0.463. The Labute approximate surface area is 119 Å². The monoisotopic (exact) mass is 280 g/mol. The van der Waals surface area contributed by atoms with Gasteiger partial charge in [-0.05, 0) is 61.8 Å². The summed E-state index contributed by atoms with van der Waals surface area (Å²) in [5, 5.41) is 11.7. The zero-order valence-electron chi connectivity index (χ0n) is 11.9. The first-order chi connectivity index (χ1) is 9.03. The van der Waals surface area contributed by atoms with E-state index in [1.807, 2.05) is 6.07 Å². The van der Waals surface area contributed by atoms with Crippen LogP contribution in [0.4, 0.5) is 0 Å². The van der Waals surface area contributed by atoms with Crippen LogP contribution in [0.15, 0.2) is 17.5 Å². The predicted octanol–water partition coefficient (Wildman–Crippen LogP) is 4.60. The Balaban J connectivity index is 1.98. The second kappa shape index (κ2) is 6.08. The Morgan fingerprint density at radius 3 is 2.63 bits per heavy atom. The fourth-order valence-electron chi connectivity index (χ4n) is 3.25. The van der Waals surface area contributed by atoms with Crippen LogP contribution in [0.3, 0.4) is 0 Å². The van der Waals surface area contributed by atoms with Crippen molar-refractivity contribution in [2.75, 3.05) is 0 Å². The highest BCUT2D eigenvalue weighted by Gasteiger charge is 2.41. The molecular formula is C16H24O2S. The average molecular weight is 280 g/mol. The molecule has 1 aromatic rings. The zero-order valence-corrected chi connectivity index (χ0v) is 12.7. The molecule has 1 saturated carbocycles. The van der Waals surface area contributed by atoms with Crippen LogP contribution in [0.5, 0.6) is 0 Å². The summed E-state index contributed by atoms with van der Waals surface area (Å²) in [5.74, 6) is 0.824. The van der Waals surface area contributed by atoms with Gasteiger partial charge >= 0.3 is 5.97 Å². The van der Waals surface area contributed by atoms with Gasteiger partial charge in [-0.2, -0.15) is 0 Å². The summed E-state index contributed by atoms with van der Waals surface area (Å²) in [5.41, 5.74) is -0.463. The number of hydrogen-bond donors (Lipinski definition) is 1. The first kappa shape index (κ1) is 14.6. The Hall–Kier alpha value is -0.830. The molecule has 0 bridgehead atoms. The molecule has 0 radical (unpaired) electrons. The van der Waals surface area contributed by atoms with E-state index in [4.69, 9.17) is 0 Å². The van der Waals surface area contributed by atoms with E-state index in [9.17, 15) is 9.90 Å². The quantitative estimate of drug-likeness (QED) is 0.856. The maximum atomic E-state index is 11.7. The number of rotatable bonds is 5. The van der Waals surface area contributed by atoms with E-state index < -0.39 is 11.4 Å². The van der Waals surface area contributed by atoms with Gasteiger partial charge in [-0.25, -0.2) is 0 Å². The minimum Gasteiger partial charge on any atom is -0.481 e. The molecule has 1 aliphatic carbocycles. The van der Waals surface area contributed by atoms with E-state index in [2.05, 4.69) is 25.3 Å². The SMILES string of the molecule is CC(C)C1CCC(CCc2cccs2)(C(=O)O)CC1. The third-order valence-corrected chi connectivity index (χ3v) is 5.75. The molecule has 3 heteroatoms. The lowest BCUT2D eigenvalue weighted by Gasteiger charge is -2.38. The molecule has 0 atom stereocenters. The molecule has 1 heterocycles. The topological polar surface area (TPSA) is 37.3 Å². The normalized spacial score (nSPS) is 27.6. The molecule has 0 aromatic carbocycles. The largest absolute Gasteiger partial charge is 0.481 e. The molecule has 19 heavy (non-hydrogen) atoms. The second-order valence-corrected chi connectivity index (χ2v) is 7.28. The van der Waals surface area contributed by atoms with Crippen molar-refractivity contribution in [2.45, 2.75) is 52.4 Å². The van der Waals surface area contributed by atoms with Gasteiger partial charge < -0.3 is 5.11 Å². The second-order valence-electron chi connectivity index (χ2n) is 6.25. The molecule has 0 amide bonds. The van der Waals surface area contributed by atoms with Gasteiger partial charge in [0.15, 0.2) is 0 Å². The Morgan fingerprint density at radius 2 is 2.16 bits per heavy atom. The van der Waals surface area contributed by atoms with Gasteiger partial charge in [-0.3, -0.25) is 4.79 Å². The van der Waals surface area contributed by atoms with Crippen molar-refractivity contribution in [3.05, 3.63) is 22.4 Å². The van der Waals surface area contributed by atoms with Gasteiger partial charge in [0.25, 0.3) is 0 Å². The van der Waals surface area contributed by atoms with Crippen molar-refractivity contribution in [1.29, 1.82) is 0 Å². The first-order valence-electron chi connectivity index (χ1n) is 7.29. The standard InChI is InChI=1S/C16H24O2S/c1-12(2)13-5-8-16(9-6-13,15(17)18)10-7-14-4-3-11-19-14/h3-4,11-13H,5-10H2,1-2H3,(H,17,18). The molecular weight excluding hydrogens is 256 g/mol. The number of aryl methyl sites for hydroxylation is 1. The summed E-state index contributed by atoms with van der Waals surface area (Å²) in [7, 11) is 0. The molecule has 1 aliphatic rings. The van der Waals surface area contributed by atoms with Gasteiger partial charge in [0.05, 0.1) is 5.41 Å². The van der Waals surface area contributed by atoms with Gasteiger partial charge in [-0.15, -0.1) is 11.3 Å². The predicted molar refractivity (Wildman–Crippen MR) is 79.5 cm³/mol. The van der Waals surface area contributed by atoms with Crippen LogP contribution in [0, 0.1) is 17.3 Å². The van der Waals surface area contributed by atoms with E-state index in [1.54, 1.807) is 11.3 Å². The van der Waals surface area contributed by atoms with Gasteiger partial charge in [0.1, 0.15) is 0 Å². The number of carboxylic acid groups (broad SMARTS) is 1. The van der Waals surface area contributed by atoms with Crippen molar-refractivity contribution in [2.24, 2.45) is 17.3 Å². The van der Waals surface area contributed by atoms with E-state index in [0.717, 1.165) is 38.5 Å². The number of aliphatic carboxylic acids is 1. The zero-order chi connectivity index (χ0) is 13.9. The van der Waals surface area contributed by atoms with Crippen LogP contribution >= 0.6 is 11.3 Å². The van der Waals surface area contributed by atoms with Gasteiger partial charge in [0.2, 0.25) is 0 Å². The average Bonchev–Trinajstić information content (AvgIpc) is 2.89. The molecule has 0 aliphatic heterocycles. The molecule has 1 fully saturated rings. The maximum absolute atomic E-state index is 11.7. The van der Waals surface area contributed by atoms with Crippen molar-refractivity contribution in [1.82, 2.24) is 0 Å². The molecule has 0 unspecified atom stereocenters. The number of hydrogen-bond acceptors (Lipinski definition) is 2. The Morgan fingerprint density at radius 1 is 1.47 bits per heavy atom. The van der Waals surface area contributed by atoms with Crippen LogP contribution in [-0.4, -0.2) is 11.1 Å². The summed E-state index contributed by atoms with van der Waals surface area (Å²) in [6.07, 6.45) is 5.58. The van der Waals surface area contributed by atoms with Gasteiger partial charge in [-0.1, -0.05) is 19.9 Å². The minimum atomic E-state index is -0.578. The van der Waals surface area contributed by atoms with E-state index in [-0.39, 0.29) is 0 Å². The highest BCUT2D eigenvalue weighted by molar-refractivity contribution is 7.09. The highest BCUT2D eigenvalue weighted by Crippen LogP contribution is 2.44. The summed E-state index contributed by atoms with van der Waals surface area (Å²) in [6, 6.07) is 4.16. The molecule has 1 N–H and O–H groups in total. The molecule has 0 spiro atoms. The lowest BCUT2D eigenvalue weighted by Crippen LogP contribution is -2.36. The van der Waals surface area contributed by atoms with Crippen LogP contribution < -0.4 is 0 Å². The summed E-state index contributed by atoms with van der Waals surface area (Å²) in [4.78, 5) is 13.0. The summed E-state index contributed by atoms with van der Waals surface area (Å²) < 4.78 is 0. The van der Waals surface area contributed by atoms with E-state index >= 15 is 0 Å². The van der Waals surface area contributed by atoms with Crippen molar-refractivity contribution in [3.8, 4) is 0 Å². The van der Waals surface area contributed by atoms with Crippen LogP contribution in [0.2, 0.25) is 0 Å². The molecule has 0 saturated heterocycles. The Bertz CT molecular complexity index is 400. The molecule has 2 nitrogen and oxygen atoms in total. The van der Waals surface area contributed by atoms with Crippen molar-refractivity contribution in [3.63, 3.8) is 0 Å². The molecule has 106 valence electrons. The fraction of sp³-hybridized carbons (Fsp3) is 0.688. The molecule has 1 aromatic heterocycles. The third-order valence-electron chi connectivity index (χ3n) is 4.81. The van der Waals surface area contributed by atoms with Crippen molar-refractivity contribution >= 4 is 17.3 Å². The summed E-state index contributed by atoms with van der Waals surface area (Å²) >= 11 is 1.73. The third kappa shape index (κ3) is 3.38. The van der Waals surface area contributed by atoms with Crippen molar-refractivity contribution < 1.29 is 9.90 Å². The molecule has 2 rings (SSSR count). The number of thiophene rings is 1. The van der Waals surface area contributed by atoms with Crippen LogP contribution in [0.1, 0.15) is 50.8 Å². The lowest BCUT2D eigenvalue weighted by molar-refractivity contribution is -0.152. The van der Waals surface area contributed by atoms with Crippen LogP contribution in [0.25, 0.3) is 0 Å². The highest BCUT2D eigenvalue weighted by atomic mass is 32.1. The lowest BCUT2D eigenvalue weighted by atomic mass is 9.66. The van der Waals surface area contributed by atoms with E-state index in [1.165, 1.54) is 4.88 Å². The number of carboxylic acids is 1. The van der Waals surface area contributed by atoms with E-state index in [0.29, 0.717) is 11.8 Å². The number of carbonyl (C=O) groups is 1. The van der Waals surface area contributed by atoms with Gasteiger partial charge in [0, 0.05) is 4.88 Å². The smallest absolute Gasteiger partial charge is 0.309 e.